The number of hydrogen-bond acceptors (Lipinski definition) is 3. The van der Waals surface area contributed by atoms with Gasteiger partial charge in [0, 0.05) is 36.3 Å². The second kappa shape index (κ2) is 7.75. The molecule has 1 aliphatic rings. The van der Waals surface area contributed by atoms with Crippen LogP contribution in [-0.2, 0) is 15.5 Å². The molecule has 4 atom stereocenters. The third kappa shape index (κ3) is 5.16. The smallest absolute Gasteiger partial charge is 0.0503 e. The maximum Gasteiger partial charge on any atom is 0.0503 e. The molecule has 3 nitrogen and oxygen atoms in total. The van der Waals surface area contributed by atoms with E-state index in [9.17, 15) is 4.21 Å². The molecule has 0 bridgehead atoms. The number of methoxy groups -OCH3 is 1. The molecule has 1 N–H and O–H groups in total. The van der Waals surface area contributed by atoms with Crippen molar-refractivity contribution in [3.63, 3.8) is 0 Å². The number of ether oxygens (including phenoxy) is 1. The Morgan fingerprint density at radius 2 is 2.00 bits per heavy atom. The molecule has 1 saturated carbocycles. The van der Waals surface area contributed by atoms with E-state index in [-0.39, 0.29) is 0 Å². The summed E-state index contributed by atoms with van der Waals surface area (Å²) in [6.07, 6.45) is 4.39. The molecule has 4 unspecified atom stereocenters. The van der Waals surface area contributed by atoms with Gasteiger partial charge in [0.1, 0.15) is 0 Å². The van der Waals surface area contributed by atoms with Gasteiger partial charge >= 0.3 is 0 Å². The molecule has 0 aliphatic heterocycles. The average molecular weight is 289 g/mol. The molecule has 0 aromatic heterocycles. The summed E-state index contributed by atoms with van der Waals surface area (Å²) in [7, 11) is 2.97. The van der Waals surface area contributed by atoms with Crippen LogP contribution in [-0.4, -0.2) is 42.0 Å². The molecule has 4 heteroatoms. The molecule has 0 heterocycles. The minimum Gasteiger partial charge on any atom is -0.385 e. The molecule has 114 valence electrons. The topological polar surface area (TPSA) is 38.3 Å². The summed E-state index contributed by atoms with van der Waals surface area (Å²) in [5.74, 6) is 1.46. The minimum atomic E-state index is -0.736. The van der Waals surface area contributed by atoms with Crippen LogP contribution in [0.5, 0.6) is 0 Å². The van der Waals surface area contributed by atoms with Crippen molar-refractivity contribution < 1.29 is 8.95 Å². The fourth-order valence-electron chi connectivity index (χ4n) is 3.03. The second-order valence-corrected chi connectivity index (χ2v) is 8.52. The first-order valence-corrected chi connectivity index (χ1v) is 8.81. The van der Waals surface area contributed by atoms with E-state index in [0.29, 0.717) is 29.2 Å². The largest absolute Gasteiger partial charge is 0.385 e. The van der Waals surface area contributed by atoms with Crippen molar-refractivity contribution >= 4 is 10.8 Å². The van der Waals surface area contributed by atoms with E-state index in [0.717, 1.165) is 25.0 Å². The molecule has 0 aromatic carbocycles. The van der Waals surface area contributed by atoms with E-state index in [2.05, 4.69) is 26.1 Å². The van der Waals surface area contributed by atoms with Gasteiger partial charge in [0.25, 0.3) is 0 Å². The Labute approximate surface area is 121 Å². The highest BCUT2D eigenvalue weighted by atomic mass is 32.2. The average Bonchev–Trinajstić information content (AvgIpc) is 2.37. The van der Waals surface area contributed by atoms with Crippen LogP contribution in [0.1, 0.15) is 46.5 Å². The Balaban J connectivity index is 2.61. The van der Waals surface area contributed by atoms with E-state index in [4.69, 9.17) is 4.74 Å². The van der Waals surface area contributed by atoms with Gasteiger partial charge in [-0.3, -0.25) is 4.21 Å². The molecule has 1 aliphatic carbocycles. The molecule has 19 heavy (non-hydrogen) atoms. The first kappa shape index (κ1) is 17.1. The summed E-state index contributed by atoms with van der Waals surface area (Å²) in [6.45, 7) is 7.64. The van der Waals surface area contributed by atoms with Crippen LogP contribution in [0.15, 0.2) is 0 Å². The predicted molar refractivity (Wildman–Crippen MR) is 82.9 cm³/mol. The summed E-state index contributed by atoms with van der Waals surface area (Å²) in [5.41, 5.74) is 0.327. The fraction of sp³-hybridized carbons (Fsp3) is 1.00. The van der Waals surface area contributed by atoms with E-state index < -0.39 is 10.8 Å². The first-order chi connectivity index (χ1) is 8.90. The lowest BCUT2D eigenvalue weighted by Crippen LogP contribution is -2.47. The van der Waals surface area contributed by atoms with Crippen molar-refractivity contribution in [2.45, 2.75) is 57.7 Å². The van der Waals surface area contributed by atoms with Gasteiger partial charge in [-0.1, -0.05) is 20.8 Å². The van der Waals surface area contributed by atoms with Crippen molar-refractivity contribution in [1.29, 1.82) is 0 Å². The van der Waals surface area contributed by atoms with E-state index in [1.165, 1.54) is 6.42 Å². The zero-order chi connectivity index (χ0) is 14.5. The van der Waals surface area contributed by atoms with Gasteiger partial charge in [-0.2, -0.15) is 0 Å². The third-order valence-electron chi connectivity index (χ3n) is 4.42. The monoisotopic (exact) mass is 289 g/mol. The SMILES string of the molecule is CNC1CCC(C(C)(C)C)CC1S(=O)CCCOC. The lowest BCUT2D eigenvalue weighted by Gasteiger charge is -2.41. The zero-order valence-corrected chi connectivity index (χ0v) is 14.0. The van der Waals surface area contributed by atoms with E-state index >= 15 is 0 Å². The van der Waals surface area contributed by atoms with Crippen LogP contribution in [0.2, 0.25) is 0 Å². The Morgan fingerprint density at radius 1 is 1.32 bits per heavy atom. The highest BCUT2D eigenvalue weighted by Gasteiger charge is 2.37. The maximum atomic E-state index is 12.5. The number of rotatable bonds is 6. The summed E-state index contributed by atoms with van der Waals surface area (Å²) in [5, 5.41) is 3.68. The first-order valence-electron chi connectivity index (χ1n) is 7.43. The van der Waals surface area contributed by atoms with Gasteiger partial charge in [0.05, 0.1) is 5.25 Å². The summed E-state index contributed by atoms with van der Waals surface area (Å²) in [4.78, 5) is 0. The molecule has 1 rings (SSSR count). The van der Waals surface area contributed by atoms with Gasteiger partial charge in [0.2, 0.25) is 0 Å². The molecule has 0 aromatic rings. The Kier molecular flexibility index (Phi) is 6.98. The van der Waals surface area contributed by atoms with Gasteiger partial charge in [-0.25, -0.2) is 0 Å². The van der Waals surface area contributed by atoms with Gasteiger partial charge < -0.3 is 10.1 Å². The number of hydrogen-bond donors (Lipinski definition) is 1. The van der Waals surface area contributed by atoms with Crippen molar-refractivity contribution in [2.75, 3.05) is 26.5 Å². The van der Waals surface area contributed by atoms with Crippen LogP contribution in [0.4, 0.5) is 0 Å². The zero-order valence-electron chi connectivity index (χ0n) is 13.2. The van der Waals surface area contributed by atoms with Crippen molar-refractivity contribution in [2.24, 2.45) is 11.3 Å². The lowest BCUT2D eigenvalue weighted by molar-refractivity contribution is 0.165. The van der Waals surface area contributed by atoms with Gasteiger partial charge in [-0.15, -0.1) is 0 Å². The molecular weight excluding hydrogens is 258 g/mol. The predicted octanol–water partition coefficient (Wildman–Crippen LogP) is 2.57. The van der Waals surface area contributed by atoms with E-state index in [1.807, 2.05) is 7.05 Å². The van der Waals surface area contributed by atoms with Crippen LogP contribution in [0, 0.1) is 11.3 Å². The standard InChI is InChI=1S/C15H31NO2S/c1-15(2,3)12-7-8-13(16-4)14(11-12)19(17)10-6-9-18-5/h12-14,16H,6-11H2,1-5H3. The van der Waals surface area contributed by atoms with Gasteiger partial charge in [0.15, 0.2) is 0 Å². The number of nitrogens with one attached hydrogen (secondary N) is 1. The van der Waals surface area contributed by atoms with Crippen LogP contribution >= 0.6 is 0 Å². The minimum absolute atomic E-state index is 0.305. The summed E-state index contributed by atoms with van der Waals surface area (Å²) < 4.78 is 17.6. The molecule has 0 spiro atoms. The summed E-state index contributed by atoms with van der Waals surface area (Å²) >= 11 is 0. The maximum absolute atomic E-state index is 12.5. The molecule has 1 fully saturated rings. The highest BCUT2D eigenvalue weighted by molar-refractivity contribution is 7.85. The quantitative estimate of drug-likeness (QED) is 0.764. The Bertz CT molecular complexity index is 288. The molecular formula is C15H31NO2S. The second-order valence-electron chi connectivity index (χ2n) is 6.74. The molecule has 0 amide bonds. The van der Waals surface area contributed by atoms with Crippen molar-refractivity contribution in [3.8, 4) is 0 Å². The Hall–Kier alpha value is 0.0700. The highest BCUT2D eigenvalue weighted by Crippen LogP contribution is 2.39. The fourth-order valence-corrected chi connectivity index (χ4v) is 4.82. The normalized spacial score (nSPS) is 30.3. The van der Waals surface area contributed by atoms with Crippen LogP contribution in [0.25, 0.3) is 0 Å². The van der Waals surface area contributed by atoms with Gasteiger partial charge in [-0.05, 0) is 44.1 Å². The molecule has 0 radical (unpaired) electrons. The van der Waals surface area contributed by atoms with Crippen molar-refractivity contribution in [1.82, 2.24) is 5.32 Å². The van der Waals surface area contributed by atoms with Crippen molar-refractivity contribution in [3.05, 3.63) is 0 Å². The molecule has 0 saturated heterocycles. The lowest BCUT2D eigenvalue weighted by atomic mass is 9.71. The van der Waals surface area contributed by atoms with Crippen LogP contribution in [0.3, 0.4) is 0 Å². The van der Waals surface area contributed by atoms with E-state index in [1.54, 1.807) is 7.11 Å². The van der Waals surface area contributed by atoms with Crippen LogP contribution < -0.4 is 5.32 Å². The Morgan fingerprint density at radius 3 is 2.53 bits per heavy atom. The summed E-state index contributed by atoms with van der Waals surface area (Å²) in [6, 6.07) is 0.418. The third-order valence-corrected chi connectivity index (χ3v) is 6.31.